The maximum absolute atomic E-state index is 12.6. The summed E-state index contributed by atoms with van der Waals surface area (Å²) in [4.78, 5) is 12.6. The Bertz CT molecular complexity index is 681. The fourth-order valence-electron chi connectivity index (χ4n) is 2.10. The van der Waals surface area contributed by atoms with E-state index in [4.69, 9.17) is 4.74 Å². The number of carbonyl (C=O) groups excluding carboxylic acids is 1. The standard InChI is InChI=1S/C15H16Br2N2O2/c1-4-12-15(17)13(19(2)18-12)8-14(20)10-7-9(21-3)5-6-11(10)16/h5-7H,4,8H2,1-3H3. The van der Waals surface area contributed by atoms with Crippen molar-refractivity contribution in [3.05, 3.63) is 44.1 Å². The summed E-state index contributed by atoms with van der Waals surface area (Å²) in [5.74, 6) is 0.687. The summed E-state index contributed by atoms with van der Waals surface area (Å²) in [6.45, 7) is 2.04. The fraction of sp³-hybridized carbons (Fsp3) is 0.333. The highest BCUT2D eigenvalue weighted by molar-refractivity contribution is 9.10. The third-order valence-corrected chi connectivity index (χ3v) is 4.91. The van der Waals surface area contributed by atoms with E-state index in [1.807, 2.05) is 26.1 Å². The Morgan fingerprint density at radius 2 is 2.10 bits per heavy atom. The number of ether oxygens (including phenoxy) is 1. The molecule has 0 bridgehead atoms. The number of ketones is 1. The molecule has 1 aromatic carbocycles. The van der Waals surface area contributed by atoms with Crippen molar-refractivity contribution in [2.24, 2.45) is 7.05 Å². The lowest BCUT2D eigenvalue weighted by molar-refractivity contribution is 0.0989. The van der Waals surface area contributed by atoms with Crippen molar-refractivity contribution in [1.29, 1.82) is 0 Å². The molecule has 0 N–H and O–H groups in total. The summed E-state index contributed by atoms with van der Waals surface area (Å²) in [5, 5.41) is 4.41. The van der Waals surface area contributed by atoms with Gasteiger partial charge in [-0.15, -0.1) is 0 Å². The Balaban J connectivity index is 2.32. The van der Waals surface area contributed by atoms with Crippen LogP contribution in [0.2, 0.25) is 0 Å². The summed E-state index contributed by atoms with van der Waals surface area (Å²) in [7, 11) is 3.44. The number of halogens is 2. The lowest BCUT2D eigenvalue weighted by Crippen LogP contribution is -2.09. The summed E-state index contributed by atoms with van der Waals surface area (Å²) >= 11 is 6.96. The lowest BCUT2D eigenvalue weighted by Gasteiger charge is -2.07. The molecule has 0 saturated heterocycles. The molecule has 2 rings (SSSR count). The van der Waals surface area contributed by atoms with Crippen molar-refractivity contribution in [3.8, 4) is 5.75 Å². The van der Waals surface area contributed by atoms with Crippen molar-refractivity contribution in [2.75, 3.05) is 7.11 Å². The van der Waals surface area contributed by atoms with Gasteiger partial charge >= 0.3 is 0 Å². The van der Waals surface area contributed by atoms with Crippen LogP contribution < -0.4 is 4.74 Å². The Morgan fingerprint density at radius 3 is 2.67 bits per heavy atom. The molecule has 0 aliphatic heterocycles. The van der Waals surface area contributed by atoms with Gasteiger partial charge in [0, 0.05) is 17.1 Å². The smallest absolute Gasteiger partial charge is 0.170 e. The van der Waals surface area contributed by atoms with Crippen molar-refractivity contribution >= 4 is 37.6 Å². The number of aromatic nitrogens is 2. The predicted molar refractivity (Wildman–Crippen MR) is 89.0 cm³/mol. The highest BCUT2D eigenvalue weighted by Gasteiger charge is 2.18. The molecular weight excluding hydrogens is 400 g/mol. The van der Waals surface area contributed by atoms with Gasteiger partial charge in [0.05, 0.1) is 29.4 Å². The molecule has 1 heterocycles. The van der Waals surface area contributed by atoms with Crippen LogP contribution in [-0.4, -0.2) is 22.7 Å². The van der Waals surface area contributed by atoms with Crippen LogP contribution in [0.3, 0.4) is 0 Å². The Hall–Kier alpha value is -1.14. The lowest BCUT2D eigenvalue weighted by atomic mass is 10.1. The van der Waals surface area contributed by atoms with E-state index in [2.05, 4.69) is 37.0 Å². The van der Waals surface area contributed by atoms with Crippen molar-refractivity contribution in [2.45, 2.75) is 19.8 Å². The van der Waals surface area contributed by atoms with Gasteiger partial charge in [-0.1, -0.05) is 22.9 Å². The summed E-state index contributed by atoms with van der Waals surface area (Å²) < 4.78 is 8.62. The predicted octanol–water partition coefficient (Wildman–Crippen LogP) is 3.94. The van der Waals surface area contributed by atoms with Crippen LogP contribution in [0.5, 0.6) is 5.75 Å². The molecule has 112 valence electrons. The van der Waals surface area contributed by atoms with E-state index >= 15 is 0 Å². The molecule has 21 heavy (non-hydrogen) atoms. The first-order valence-corrected chi connectivity index (χ1v) is 8.13. The number of carbonyl (C=O) groups is 1. The van der Waals surface area contributed by atoms with Crippen LogP contribution in [0, 0.1) is 0 Å². The Labute approximate surface area is 140 Å². The normalized spacial score (nSPS) is 10.7. The summed E-state index contributed by atoms with van der Waals surface area (Å²) in [6, 6.07) is 5.38. The average molecular weight is 416 g/mol. The van der Waals surface area contributed by atoms with Gasteiger partial charge in [-0.25, -0.2) is 0 Å². The molecule has 0 aliphatic carbocycles. The molecule has 2 aromatic rings. The Morgan fingerprint density at radius 1 is 1.38 bits per heavy atom. The monoisotopic (exact) mass is 414 g/mol. The molecule has 0 aliphatic rings. The summed E-state index contributed by atoms with van der Waals surface area (Å²) in [6.07, 6.45) is 1.11. The minimum absolute atomic E-state index is 0.0205. The molecule has 0 radical (unpaired) electrons. The zero-order chi connectivity index (χ0) is 15.6. The van der Waals surface area contributed by atoms with E-state index < -0.39 is 0 Å². The van der Waals surface area contributed by atoms with Gasteiger partial charge in [0.1, 0.15) is 5.75 Å². The number of benzene rings is 1. The van der Waals surface area contributed by atoms with Gasteiger partial charge < -0.3 is 4.74 Å². The van der Waals surface area contributed by atoms with E-state index in [0.29, 0.717) is 11.3 Å². The average Bonchev–Trinajstić information content (AvgIpc) is 2.75. The van der Waals surface area contributed by atoms with E-state index in [0.717, 1.165) is 26.8 Å². The van der Waals surface area contributed by atoms with E-state index in [1.54, 1.807) is 17.9 Å². The molecule has 6 heteroatoms. The highest BCUT2D eigenvalue weighted by Crippen LogP contribution is 2.27. The number of methoxy groups -OCH3 is 1. The molecule has 0 spiro atoms. The van der Waals surface area contributed by atoms with Gasteiger partial charge in [0.2, 0.25) is 0 Å². The molecule has 1 aromatic heterocycles. The van der Waals surface area contributed by atoms with Crippen LogP contribution in [0.4, 0.5) is 0 Å². The van der Waals surface area contributed by atoms with Gasteiger partial charge in [0.25, 0.3) is 0 Å². The van der Waals surface area contributed by atoms with Crippen LogP contribution in [0.15, 0.2) is 27.1 Å². The minimum Gasteiger partial charge on any atom is -0.497 e. The molecule has 0 amide bonds. The van der Waals surface area contributed by atoms with Gasteiger partial charge in [-0.05, 0) is 40.5 Å². The fourth-order valence-corrected chi connectivity index (χ4v) is 3.33. The minimum atomic E-state index is 0.0205. The van der Waals surface area contributed by atoms with E-state index in [1.165, 1.54) is 0 Å². The SMILES string of the molecule is CCc1nn(C)c(CC(=O)c2cc(OC)ccc2Br)c1Br. The van der Waals surface area contributed by atoms with Gasteiger partial charge in [-0.3, -0.25) is 9.48 Å². The zero-order valence-corrected chi connectivity index (χ0v) is 15.3. The van der Waals surface area contributed by atoms with Gasteiger partial charge in [-0.2, -0.15) is 5.10 Å². The second kappa shape index (κ2) is 6.75. The number of Topliss-reactive ketones (excluding diaryl/α,β-unsaturated/α-hetero) is 1. The first-order chi connectivity index (χ1) is 9.97. The number of nitrogens with zero attached hydrogens (tertiary/aromatic N) is 2. The van der Waals surface area contributed by atoms with Crippen molar-refractivity contribution < 1.29 is 9.53 Å². The first kappa shape index (κ1) is 16.2. The Kier molecular flexibility index (Phi) is 5.22. The zero-order valence-electron chi connectivity index (χ0n) is 12.1. The maximum atomic E-state index is 12.6. The second-order valence-electron chi connectivity index (χ2n) is 4.63. The number of aryl methyl sites for hydroxylation is 2. The van der Waals surface area contributed by atoms with Gasteiger partial charge in [0.15, 0.2) is 5.78 Å². The number of hydrogen-bond acceptors (Lipinski definition) is 3. The molecule has 0 saturated carbocycles. The number of rotatable bonds is 5. The first-order valence-electron chi connectivity index (χ1n) is 6.54. The molecular formula is C15H16Br2N2O2. The molecule has 0 unspecified atom stereocenters. The molecule has 0 atom stereocenters. The quantitative estimate of drug-likeness (QED) is 0.694. The van der Waals surface area contributed by atoms with E-state index in [-0.39, 0.29) is 12.2 Å². The van der Waals surface area contributed by atoms with Crippen molar-refractivity contribution in [1.82, 2.24) is 9.78 Å². The molecule has 0 fully saturated rings. The summed E-state index contributed by atoms with van der Waals surface area (Å²) in [5.41, 5.74) is 2.46. The maximum Gasteiger partial charge on any atom is 0.170 e. The van der Waals surface area contributed by atoms with Crippen LogP contribution in [0.1, 0.15) is 28.7 Å². The van der Waals surface area contributed by atoms with Crippen LogP contribution >= 0.6 is 31.9 Å². The third kappa shape index (κ3) is 3.37. The van der Waals surface area contributed by atoms with Crippen molar-refractivity contribution in [3.63, 3.8) is 0 Å². The second-order valence-corrected chi connectivity index (χ2v) is 6.28. The van der Waals surface area contributed by atoms with Crippen LogP contribution in [0.25, 0.3) is 0 Å². The topological polar surface area (TPSA) is 44.1 Å². The third-order valence-electron chi connectivity index (χ3n) is 3.30. The van der Waals surface area contributed by atoms with Crippen LogP contribution in [-0.2, 0) is 19.9 Å². The number of hydrogen-bond donors (Lipinski definition) is 0. The highest BCUT2D eigenvalue weighted by atomic mass is 79.9. The molecule has 4 nitrogen and oxygen atoms in total. The largest absolute Gasteiger partial charge is 0.497 e. The van der Waals surface area contributed by atoms with E-state index in [9.17, 15) is 4.79 Å².